The van der Waals surface area contributed by atoms with Crippen LogP contribution in [0.3, 0.4) is 0 Å². The molecule has 0 aliphatic heterocycles. The number of ether oxygens (including phenoxy) is 3. The molecule has 8 nitrogen and oxygen atoms in total. The fourth-order valence-corrected chi connectivity index (χ4v) is 1.79. The van der Waals surface area contributed by atoms with E-state index in [0.29, 0.717) is 11.5 Å². The maximum atomic E-state index is 12.3. The minimum Gasteiger partial charge on any atom is -0.497 e. The average molecular weight is 324 g/mol. The third-order valence-electron chi connectivity index (χ3n) is 2.93. The Morgan fingerprint density at radius 3 is 1.96 bits per heavy atom. The molecule has 126 valence electrons. The van der Waals surface area contributed by atoms with E-state index in [9.17, 15) is 14.4 Å². The molecule has 0 radical (unpaired) electrons. The molecule has 1 rings (SSSR count). The number of benzene rings is 1. The second kappa shape index (κ2) is 8.02. The molecule has 0 saturated heterocycles. The van der Waals surface area contributed by atoms with Crippen molar-refractivity contribution in [2.45, 2.75) is 20.0 Å². The molecule has 0 aliphatic rings. The molecule has 1 aromatic rings. The third-order valence-corrected chi connectivity index (χ3v) is 2.93. The fraction of sp³-hybridized carbons (Fsp3) is 0.400. The van der Waals surface area contributed by atoms with Crippen LogP contribution in [0.2, 0.25) is 0 Å². The number of carbonyl (C=O) groups excluding carboxylic acids is 3. The first-order chi connectivity index (χ1) is 10.8. The summed E-state index contributed by atoms with van der Waals surface area (Å²) < 4.78 is 15.3. The van der Waals surface area contributed by atoms with E-state index in [1.807, 2.05) is 5.32 Å². The first-order valence-corrected chi connectivity index (χ1v) is 6.82. The van der Waals surface area contributed by atoms with E-state index in [2.05, 4.69) is 0 Å². The van der Waals surface area contributed by atoms with Crippen molar-refractivity contribution in [2.75, 3.05) is 14.2 Å². The van der Waals surface area contributed by atoms with E-state index < -0.39 is 24.0 Å². The molecule has 0 saturated carbocycles. The van der Waals surface area contributed by atoms with E-state index in [1.165, 1.54) is 26.4 Å². The summed E-state index contributed by atoms with van der Waals surface area (Å²) in [4.78, 5) is 34.9. The number of amides is 3. The third kappa shape index (κ3) is 5.17. The average Bonchev–Trinajstić information content (AvgIpc) is 2.50. The molecule has 0 aromatic heterocycles. The smallest absolute Gasteiger partial charge is 0.339 e. The summed E-state index contributed by atoms with van der Waals surface area (Å²) in [5, 5.41) is 1.90. The van der Waals surface area contributed by atoms with Crippen molar-refractivity contribution in [3.63, 3.8) is 0 Å². The number of nitrogens with one attached hydrogen (secondary N) is 1. The zero-order valence-corrected chi connectivity index (χ0v) is 13.4. The lowest BCUT2D eigenvalue weighted by Gasteiger charge is -2.20. The Morgan fingerprint density at radius 1 is 1.04 bits per heavy atom. The summed E-state index contributed by atoms with van der Waals surface area (Å²) in [6, 6.07) is 3.48. The van der Waals surface area contributed by atoms with Crippen molar-refractivity contribution in [2.24, 2.45) is 11.7 Å². The predicted molar refractivity (Wildman–Crippen MR) is 81.3 cm³/mol. The molecular weight excluding hydrogens is 304 g/mol. The van der Waals surface area contributed by atoms with Crippen LogP contribution in [-0.4, -0.2) is 38.2 Å². The molecule has 8 heteroatoms. The van der Waals surface area contributed by atoms with Crippen LogP contribution >= 0.6 is 0 Å². The topological polar surface area (TPSA) is 117 Å². The Kier molecular flexibility index (Phi) is 6.37. The second-order valence-electron chi connectivity index (χ2n) is 5.02. The molecule has 0 heterocycles. The Bertz CT molecular complexity index is 577. The van der Waals surface area contributed by atoms with Crippen LogP contribution < -0.4 is 20.5 Å². The van der Waals surface area contributed by atoms with Crippen molar-refractivity contribution in [1.82, 2.24) is 5.32 Å². The Morgan fingerprint density at radius 2 is 1.57 bits per heavy atom. The van der Waals surface area contributed by atoms with Crippen molar-refractivity contribution >= 4 is 17.9 Å². The minimum atomic E-state index is -1.16. The zero-order valence-electron chi connectivity index (χ0n) is 13.4. The number of rotatable bonds is 6. The summed E-state index contributed by atoms with van der Waals surface area (Å²) in [6.45, 7) is 3.34. The van der Waals surface area contributed by atoms with Gasteiger partial charge in [0, 0.05) is 6.07 Å². The standard InChI is InChI=1S/C15H20N2O6/c1-8(2)12(13(18)17-15(16)20)23-14(19)9-5-10(21-3)7-11(6-9)22-4/h5-8,12H,1-4H3,(H3,16,17,18,20)/t12-/m0/s1. The first-order valence-electron chi connectivity index (χ1n) is 6.82. The number of esters is 1. The van der Waals surface area contributed by atoms with Gasteiger partial charge in [0.1, 0.15) is 11.5 Å². The van der Waals surface area contributed by atoms with Gasteiger partial charge in [-0.3, -0.25) is 10.1 Å². The van der Waals surface area contributed by atoms with Gasteiger partial charge in [-0.2, -0.15) is 0 Å². The quantitative estimate of drug-likeness (QED) is 0.756. The van der Waals surface area contributed by atoms with Gasteiger partial charge in [-0.05, 0) is 18.1 Å². The number of hydrogen-bond donors (Lipinski definition) is 2. The largest absolute Gasteiger partial charge is 0.497 e. The van der Waals surface area contributed by atoms with E-state index in [4.69, 9.17) is 19.9 Å². The van der Waals surface area contributed by atoms with Gasteiger partial charge in [0.2, 0.25) is 0 Å². The summed E-state index contributed by atoms with van der Waals surface area (Å²) >= 11 is 0. The van der Waals surface area contributed by atoms with Crippen molar-refractivity contribution in [3.8, 4) is 11.5 Å². The highest BCUT2D eigenvalue weighted by Crippen LogP contribution is 2.23. The van der Waals surface area contributed by atoms with Gasteiger partial charge in [-0.25, -0.2) is 9.59 Å². The van der Waals surface area contributed by atoms with Crippen molar-refractivity contribution in [1.29, 1.82) is 0 Å². The van der Waals surface area contributed by atoms with Crippen molar-refractivity contribution in [3.05, 3.63) is 23.8 Å². The summed E-state index contributed by atoms with van der Waals surface area (Å²) in [5.74, 6) is -1.08. The molecule has 1 aromatic carbocycles. The second-order valence-corrected chi connectivity index (χ2v) is 5.02. The first kappa shape index (κ1) is 18.3. The van der Waals surface area contributed by atoms with Gasteiger partial charge in [-0.15, -0.1) is 0 Å². The Labute approximate surface area is 133 Å². The predicted octanol–water partition coefficient (Wildman–Crippen LogP) is 1.08. The SMILES string of the molecule is COc1cc(OC)cc(C(=O)O[C@H](C(=O)NC(N)=O)C(C)C)c1. The highest BCUT2D eigenvalue weighted by molar-refractivity contribution is 5.98. The van der Waals surface area contributed by atoms with Crippen LogP contribution in [0.25, 0.3) is 0 Å². The van der Waals surface area contributed by atoms with Gasteiger partial charge in [0.05, 0.1) is 19.8 Å². The van der Waals surface area contributed by atoms with Crippen LogP contribution in [0.1, 0.15) is 24.2 Å². The molecule has 1 atom stereocenters. The van der Waals surface area contributed by atoms with Crippen molar-refractivity contribution < 1.29 is 28.6 Å². The number of nitrogens with two attached hydrogens (primary N) is 1. The number of carbonyl (C=O) groups is 3. The van der Waals surface area contributed by atoms with E-state index in [1.54, 1.807) is 19.9 Å². The maximum Gasteiger partial charge on any atom is 0.339 e. The molecule has 0 bridgehead atoms. The number of imide groups is 1. The van der Waals surface area contributed by atoms with Gasteiger partial charge in [0.15, 0.2) is 6.10 Å². The van der Waals surface area contributed by atoms with Crippen LogP contribution in [0.15, 0.2) is 18.2 Å². The monoisotopic (exact) mass is 324 g/mol. The molecular formula is C15H20N2O6. The zero-order chi connectivity index (χ0) is 17.6. The molecule has 0 fully saturated rings. The normalized spacial score (nSPS) is 11.5. The molecule has 3 amide bonds. The molecule has 23 heavy (non-hydrogen) atoms. The molecule has 3 N–H and O–H groups in total. The lowest BCUT2D eigenvalue weighted by Crippen LogP contribution is -2.45. The Balaban J connectivity index is 2.99. The number of methoxy groups -OCH3 is 2. The van der Waals surface area contributed by atoms with Gasteiger partial charge < -0.3 is 19.9 Å². The highest BCUT2D eigenvalue weighted by Gasteiger charge is 2.28. The van der Waals surface area contributed by atoms with Crippen LogP contribution in [-0.2, 0) is 9.53 Å². The maximum absolute atomic E-state index is 12.3. The molecule has 0 unspecified atom stereocenters. The number of hydrogen-bond acceptors (Lipinski definition) is 6. The van der Waals surface area contributed by atoms with E-state index in [0.717, 1.165) is 0 Å². The van der Waals surface area contributed by atoms with Gasteiger partial charge in [0.25, 0.3) is 5.91 Å². The van der Waals surface area contributed by atoms with E-state index >= 15 is 0 Å². The van der Waals surface area contributed by atoms with Gasteiger partial charge in [-0.1, -0.05) is 13.8 Å². The van der Waals surface area contributed by atoms with E-state index in [-0.39, 0.29) is 11.5 Å². The number of urea groups is 1. The van der Waals surface area contributed by atoms with Crippen LogP contribution in [0.4, 0.5) is 4.79 Å². The van der Waals surface area contributed by atoms with Crippen LogP contribution in [0, 0.1) is 5.92 Å². The molecule has 0 aliphatic carbocycles. The molecule has 0 spiro atoms. The minimum absolute atomic E-state index is 0.152. The lowest BCUT2D eigenvalue weighted by atomic mass is 10.1. The number of primary amides is 1. The lowest BCUT2D eigenvalue weighted by molar-refractivity contribution is -0.130. The Hall–Kier alpha value is -2.77. The summed E-state index contributed by atoms with van der Waals surface area (Å²) in [5.41, 5.74) is 5.06. The van der Waals surface area contributed by atoms with Crippen LogP contribution in [0.5, 0.6) is 11.5 Å². The van der Waals surface area contributed by atoms with Gasteiger partial charge >= 0.3 is 12.0 Å². The summed E-state index contributed by atoms with van der Waals surface area (Å²) in [6.07, 6.45) is -1.16. The highest BCUT2D eigenvalue weighted by atomic mass is 16.5. The summed E-state index contributed by atoms with van der Waals surface area (Å²) in [7, 11) is 2.89. The fourth-order valence-electron chi connectivity index (χ4n) is 1.79.